The van der Waals surface area contributed by atoms with E-state index in [9.17, 15) is 4.79 Å². The molecular weight excluding hydrogens is 250 g/mol. The van der Waals surface area contributed by atoms with E-state index in [4.69, 9.17) is 0 Å². The van der Waals surface area contributed by atoms with Gasteiger partial charge in [-0.15, -0.1) is 0 Å². The number of hydrogen-bond acceptors (Lipinski definition) is 3. The Hall–Kier alpha value is -1.81. The average Bonchev–Trinajstić information content (AvgIpc) is 2.43. The molecule has 0 saturated carbocycles. The van der Waals surface area contributed by atoms with Gasteiger partial charge in [-0.25, -0.2) is 0 Å². The highest BCUT2D eigenvalue weighted by Gasteiger charge is 2.31. The lowest BCUT2D eigenvalue weighted by Gasteiger charge is -2.45. The Balaban J connectivity index is 2.26. The largest absolute Gasteiger partial charge is 0.363 e. The number of aromatic nitrogens is 1. The Bertz CT molecular complexity index is 702. The summed E-state index contributed by atoms with van der Waals surface area (Å²) in [5, 5.41) is 4.57. The molecule has 0 spiro atoms. The monoisotopic (exact) mass is 271 g/mol. The van der Waals surface area contributed by atoms with Crippen molar-refractivity contribution in [3.8, 4) is 0 Å². The molecule has 0 atom stereocenters. The van der Waals surface area contributed by atoms with Crippen molar-refractivity contribution in [2.75, 3.05) is 24.5 Å². The van der Waals surface area contributed by atoms with Crippen LogP contribution in [0.3, 0.4) is 0 Å². The van der Waals surface area contributed by atoms with Gasteiger partial charge in [-0.05, 0) is 19.9 Å². The molecule has 1 aliphatic heterocycles. The molecule has 4 heteroatoms. The van der Waals surface area contributed by atoms with Gasteiger partial charge in [0.25, 0.3) is 5.56 Å². The molecule has 3 rings (SSSR count). The van der Waals surface area contributed by atoms with E-state index >= 15 is 0 Å². The van der Waals surface area contributed by atoms with Crippen LogP contribution in [0, 0.1) is 0 Å². The Kier molecular flexibility index (Phi) is 3.05. The van der Waals surface area contributed by atoms with E-state index in [1.807, 2.05) is 25.2 Å². The van der Waals surface area contributed by atoms with Crippen molar-refractivity contribution in [1.29, 1.82) is 0 Å². The molecule has 106 valence electrons. The molecule has 1 fully saturated rings. The fourth-order valence-electron chi connectivity index (χ4n) is 3.05. The van der Waals surface area contributed by atoms with Crippen molar-refractivity contribution in [2.24, 2.45) is 7.05 Å². The van der Waals surface area contributed by atoms with Gasteiger partial charge >= 0.3 is 0 Å². The summed E-state index contributed by atoms with van der Waals surface area (Å²) in [6.07, 6.45) is 0. The number of fused-ring (bicyclic) bond motifs is 1. The smallest absolute Gasteiger partial charge is 0.252 e. The van der Waals surface area contributed by atoms with Crippen molar-refractivity contribution in [3.63, 3.8) is 0 Å². The molecule has 0 unspecified atom stereocenters. The highest BCUT2D eigenvalue weighted by Crippen LogP contribution is 2.30. The van der Waals surface area contributed by atoms with Crippen LogP contribution in [0.2, 0.25) is 0 Å². The first-order valence-electron chi connectivity index (χ1n) is 7.08. The summed E-state index contributed by atoms with van der Waals surface area (Å²) < 4.78 is 1.72. The second-order valence-corrected chi connectivity index (χ2v) is 6.08. The molecule has 1 aliphatic rings. The first-order valence-corrected chi connectivity index (χ1v) is 7.08. The Morgan fingerprint density at radius 1 is 1.25 bits per heavy atom. The van der Waals surface area contributed by atoms with Gasteiger partial charge in [0.1, 0.15) is 0 Å². The van der Waals surface area contributed by atoms with Crippen LogP contribution < -0.4 is 15.8 Å². The second-order valence-electron chi connectivity index (χ2n) is 6.08. The lowest BCUT2D eigenvalue weighted by atomic mass is 9.98. The van der Waals surface area contributed by atoms with Crippen LogP contribution in [0.5, 0.6) is 0 Å². The molecule has 1 N–H and O–H groups in total. The van der Waals surface area contributed by atoms with E-state index in [0.29, 0.717) is 0 Å². The topological polar surface area (TPSA) is 37.3 Å². The maximum absolute atomic E-state index is 12.2. The molecule has 0 bridgehead atoms. The number of benzene rings is 1. The van der Waals surface area contributed by atoms with Crippen LogP contribution >= 0.6 is 0 Å². The van der Waals surface area contributed by atoms with Crippen molar-refractivity contribution in [3.05, 3.63) is 40.7 Å². The first-order chi connectivity index (χ1) is 9.50. The summed E-state index contributed by atoms with van der Waals surface area (Å²) in [5.41, 5.74) is 2.10. The van der Waals surface area contributed by atoms with E-state index in [1.165, 1.54) is 0 Å². The number of aryl methyl sites for hydroxylation is 1. The van der Waals surface area contributed by atoms with Gasteiger partial charge in [0.15, 0.2) is 0 Å². The fraction of sp³-hybridized carbons (Fsp3) is 0.438. The number of piperazine rings is 1. The van der Waals surface area contributed by atoms with Gasteiger partial charge in [-0.2, -0.15) is 0 Å². The summed E-state index contributed by atoms with van der Waals surface area (Å²) in [7, 11) is 1.83. The van der Waals surface area contributed by atoms with Crippen LogP contribution in [-0.2, 0) is 7.05 Å². The Morgan fingerprint density at radius 3 is 2.75 bits per heavy atom. The van der Waals surface area contributed by atoms with E-state index in [2.05, 4.69) is 30.1 Å². The highest BCUT2D eigenvalue weighted by atomic mass is 16.1. The van der Waals surface area contributed by atoms with E-state index < -0.39 is 0 Å². The first kappa shape index (κ1) is 13.2. The molecule has 2 heterocycles. The zero-order valence-corrected chi connectivity index (χ0v) is 12.3. The third-order valence-corrected chi connectivity index (χ3v) is 4.22. The van der Waals surface area contributed by atoms with E-state index in [-0.39, 0.29) is 11.1 Å². The number of nitrogens with zero attached hydrogens (tertiary/aromatic N) is 2. The molecule has 1 aromatic heterocycles. The third kappa shape index (κ3) is 2.00. The van der Waals surface area contributed by atoms with Gasteiger partial charge in [0.2, 0.25) is 0 Å². The van der Waals surface area contributed by atoms with Crippen molar-refractivity contribution >= 4 is 16.6 Å². The predicted octanol–water partition coefficient (Wildman–Crippen LogP) is 1.73. The summed E-state index contributed by atoms with van der Waals surface area (Å²) in [6, 6.07) is 9.90. The second kappa shape index (κ2) is 4.63. The molecule has 0 amide bonds. The third-order valence-electron chi connectivity index (χ3n) is 4.22. The van der Waals surface area contributed by atoms with Crippen LogP contribution in [0.4, 0.5) is 5.69 Å². The number of hydrogen-bond donors (Lipinski definition) is 1. The molecular formula is C16H21N3O. The standard InChI is InChI=1S/C16H21N3O/c1-16(2)11-17-8-9-19(16)14-10-15(20)18(3)13-7-5-4-6-12(13)14/h4-7,10,17H,8-9,11H2,1-3H3. The maximum atomic E-state index is 12.2. The maximum Gasteiger partial charge on any atom is 0.252 e. The minimum atomic E-state index is 0.00733. The van der Waals surface area contributed by atoms with Crippen LogP contribution in [0.15, 0.2) is 35.1 Å². The average molecular weight is 271 g/mol. The number of rotatable bonds is 1. The minimum Gasteiger partial charge on any atom is -0.363 e. The van der Waals surface area contributed by atoms with Gasteiger partial charge in [-0.1, -0.05) is 18.2 Å². The van der Waals surface area contributed by atoms with E-state index in [0.717, 1.165) is 36.2 Å². The number of para-hydroxylation sites is 1. The van der Waals surface area contributed by atoms with Crippen molar-refractivity contribution < 1.29 is 0 Å². The molecule has 1 aromatic carbocycles. The number of nitrogens with one attached hydrogen (secondary N) is 1. The van der Waals surface area contributed by atoms with Gasteiger partial charge in [0, 0.05) is 43.7 Å². The van der Waals surface area contributed by atoms with Crippen LogP contribution in [0.1, 0.15) is 13.8 Å². The van der Waals surface area contributed by atoms with Gasteiger partial charge in [-0.3, -0.25) is 4.79 Å². The lowest BCUT2D eigenvalue weighted by molar-refractivity contribution is 0.381. The van der Waals surface area contributed by atoms with Crippen LogP contribution in [-0.4, -0.2) is 29.7 Å². The van der Waals surface area contributed by atoms with Crippen molar-refractivity contribution in [1.82, 2.24) is 9.88 Å². The molecule has 2 aromatic rings. The summed E-state index contributed by atoms with van der Waals surface area (Å²) in [4.78, 5) is 14.6. The number of anilines is 1. The minimum absolute atomic E-state index is 0.00733. The molecule has 1 saturated heterocycles. The Morgan fingerprint density at radius 2 is 2.00 bits per heavy atom. The number of pyridine rings is 1. The zero-order valence-electron chi connectivity index (χ0n) is 12.3. The zero-order chi connectivity index (χ0) is 14.3. The van der Waals surface area contributed by atoms with E-state index in [1.54, 1.807) is 10.6 Å². The lowest BCUT2D eigenvalue weighted by Crippen LogP contribution is -2.58. The van der Waals surface area contributed by atoms with Gasteiger partial charge < -0.3 is 14.8 Å². The Labute approximate surface area is 119 Å². The summed E-state index contributed by atoms with van der Waals surface area (Å²) >= 11 is 0. The van der Waals surface area contributed by atoms with Crippen LogP contribution in [0.25, 0.3) is 10.9 Å². The normalized spacial score (nSPS) is 18.4. The van der Waals surface area contributed by atoms with Crippen molar-refractivity contribution in [2.45, 2.75) is 19.4 Å². The fourth-order valence-corrected chi connectivity index (χ4v) is 3.05. The highest BCUT2D eigenvalue weighted by molar-refractivity contribution is 5.92. The SMILES string of the molecule is Cn1c(=O)cc(N2CCNCC2(C)C)c2ccccc21. The molecule has 0 radical (unpaired) electrons. The molecule has 0 aliphatic carbocycles. The quantitative estimate of drug-likeness (QED) is 0.858. The molecule has 4 nitrogen and oxygen atoms in total. The summed E-state index contributed by atoms with van der Waals surface area (Å²) in [6.45, 7) is 7.23. The predicted molar refractivity (Wildman–Crippen MR) is 83.5 cm³/mol. The van der Waals surface area contributed by atoms with Gasteiger partial charge in [0.05, 0.1) is 11.2 Å². The molecule has 20 heavy (non-hydrogen) atoms. The summed E-state index contributed by atoms with van der Waals surface area (Å²) in [5.74, 6) is 0.